The molecule has 1 aromatic carbocycles. The van der Waals surface area contributed by atoms with Gasteiger partial charge in [0, 0.05) is 57.0 Å². The van der Waals surface area contributed by atoms with E-state index in [1.54, 1.807) is 7.11 Å². The standard InChI is InChI=1S/C22H36N2O5.2C4H4O4/c1-3-6-19-17-20(27-2)7-8-21(19)29-15-5-4-9-23-10-12-24(13-11-23)14-16-28-18-22(25)26;2*5-3(6)1-2-4(7)8/h7-8,17H,3-6,9-16,18H2,1-2H3,(H,25,26);2*1-2H,(H,5,6)(H,7,8)/b;2*2-1-. The monoisotopic (exact) mass is 640 g/mol. The number of nitrogens with zero attached hydrogens (tertiary/aromatic N) is 2. The fourth-order valence-electron chi connectivity index (χ4n) is 3.78. The number of unbranched alkanes of at least 4 members (excludes halogenated alkanes) is 1. The maximum Gasteiger partial charge on any atom is 0.329 e. The zero-order valence-corrected chi connectivity index (χ0v) is 25.6. The number of methoxy groups -OCH3 is 1. The Bertz CT molecular complexity index is 1050. The van der Waals surface area contributed by atoms with Crippen LogP contribution in [0.1, 0.15) is 31.7 Å². The van der Waals surface area contributed by atoms with Crippen LogP contribution in [0.5, 0.6) is 11.5 Å². The Labute approximate surface area is 261 Å². The van der Waals surface area contributed by atoms with E-state index in [2.05, 4.69) is 22.8 Å². The SMILES string of the molecule is CCCc1cc(OC)ccc1OCCCCN1CCN(CCOCC(=O)O)CC1.O=C(O)/C=C\C(=O)O.O=C(O)/C=C\C(=O)O. The number of carboxylic acids is 5. The van der Waals surface area contributed by atoms with Crippen LogP contribution < -0.4 is 9.47 Å². The first-order valence-corrected chi connectivity index (χ1v) is 14.2. The number of ether oxygens (including phenoxy) is 3. The molecule has 45 heavy (non-hydrogen) atoms. The van der Waals surface area contributed by atoms with Crippen LogP contribution in [0.3, 0.4) is 0 Å². The summed E-state index contributed by atoms with van der Waals surface area (Å²) >= 11 is 0. The predicted molar refractivity (Wildman–Crippen MR) is 162 cm³/mol. The van der Waals surface area contributed by atoms with E-state index in [0.717, 1.165) is 83.1 Å². The van der Waals surface area contributed by atoms with Gasteiger partial charge in [0.05, 0.1) is 20.3 Å². The van der Waals surface area contributed by atoms with E-state index < -0.39 is 29.8 Å². The third kappa shape index (κ3) is 23.6. The fourth-order valence-corrected chi connectivity index (χ4v) is 3.78. The molecule has 5 N–H and O–H groups in total. The molecule has 0 aliphatic carbocycles. The van der Waals surface area contributed by atoms with Crippen molar-refractivity contribution in [3.8, 4) is 11.5 Å². The summed E-state index contributed by atoms with van der Waals surface area (Å²) in [7, 11) is 1.69. The first kappa shape index (κ1) is 40.5. The highest BCUT2D eigenvalue weighted by molar-refractivity contribution is 5.90. The van der Waals surface area contributed by atoms with Crippen LogP contribution in [0.25, 0.3) is 0 Å². The molecule has 0 spiro atoms. The van der Waals surface area contributed by atoms with E-state index in [0.29, 0.717) is 30.9 Å². The number of rotatable bonds is 18. The molecule has 1 aromatic rings. The molecule has 252 valence electrons. The van der Waals surface area contributed by atoms with Gasteiger partial charge in [-0.05, 0) is 49.6 Å². The molecule has 0 radical (unpaired) electrons. The number of carbonyl (C=O) groups is 5. The topological polar surface area (TPSA) is 221 Å². The summed E-state index contributed by atoms with van der Waals surface area (Å²) in [6.45, 7) is 9.22. The Kier molecular flexibility index (Phi) is 22.4. The zero-order chi connectivity index (χ0) is 34.0. The molecular formula is C30H44N2O13. The molecule has 0 atom stereocenters. The molecule has 0 unspecified atom stereocenters. The number of piperazine rings is 1. The van der Waals surface area contributed by atoms with Crippen LogP contribution in [-0.2, 0) is 35.1 Å². The first-order chi connectivity index (χ1) is 21.4. The van der Waals surface area contributed by atoms with E-state index in [9.17, 15) is 24.0 Å². The molecular weight excluding hydrogens is 596 g/mol. The van der Waals surface area contributed by atoms with Gasteiger partial charge in [0.1, 0.15) is 18.1 Å². The molecule has 1 aliphatic rings. The minimum absolute atomic E-state index is 0.210. The maximum absolute atomic E-state index is 10.4. The van der Waals surface area contributed by atoms with Crippen molar-refractivity contribution in [2.45, 2.75) is 32.6 Å². The van der Waals surface area contributed by atoms with Crippen LogP contribution in [0.4, 0.5) is 0 Å². The minimum Gasteiger partial charge on any atom is -0.497 e. The molecule has 1 aliphatic heterocycles. The summed E-state index contributed by atoms with van der Waals surface area (Å²) in [4.78, 5) is 53.5. The number of hydrogen-bond donors (Lipinski definition) is 5. The van der Waals surface area contributed by atoms with Crippen molar-refractivity contribution in [3.63, 3.8) is 0 Å². The molecule has 1 heterocycles. The van der Waals surface area contributed by atoms with Crippen LogP contribution in [-0.4, -0.2) is 131 Å². The van der Waals surface area contributed by atoms with Crippen molar-refractivity contribution < 1.29 is 63.7 Å². The molecule has 15 heteroatoms. The van der Waals surface area contributed by atoms with E-state index in [4.69, 9.17) is 39.7 Å². The van der Waals surface area contributed by atoms with Crippen molar-refractivity contribution in [3.05, 3.63) is 48.1 Å². The number of hydrogen-bond acceptors (Lipinski definition) is 10. The van der Waals surface area contributed by atoms with Gasteiger partial charge in [-0.25, -0.2) is 24.0 Å². The second-order valence-electron chi connectivity index (χ2n) is 9.43. The molecule has 15 nitrogen and oxygen atoms in total. The highest BCUT2D eigenvalue weighted by Gasteiger charge is 2.16. The first-order valence-electron chi connectivity index (χ1n) is 14.2. The lowest BCUT2D eigenvalue weighted by Crippen LogP contribution is -2.47. The smallest absolute Gasteiger partial charge is 0.329 e. The maximum atomic E-state index is 10.4. The second-order valence-corrected chi connectivity index (χ2v) is 9.43. The van der Waals surface area contributed by atoms with E-state index >= 15 is 0 Å². The molecule has 0 aromatic heterocycles. The second kappa shape index (κ2) is 24.9. The quantitative estimate of drug-likeness (QED) is 0.114. The Morgan fingerprint density at radius 2 is 1.27 bits per heavy atom. The summed E-state index contributed by atoms with van der Waals surface area (Å²) in [6.07, 6.45) is 6.48. The summed E-state index contributed by atoms with van der Waals surface area (Å²) in [5.74, 6) is -4.08. The number of benzene rings is 1. The number of aryl methyl sites for hydroxylation is 1. The summed E-state index contributed by atoms with van der Waals surface area (Å²) in [5.41, 5.74) is 1.22. The van der Waals surface area contributed by atoms with Crippen LogP contribution in [0.15, 0.2) is 42.5 Å². The van der Waals surface area contributed by atoms with Gasteiger partial charge >= 0.3 is 29.8 Å². The lowest BCUT2D eigenvalue weighted by molar-refractivity contribution is -0.142. The lowest BCUT2D eigenvalue weighted by atomic mass is 10.1. The van der Waals surface area contributed by atoms with Crippen molar-refractivity contribution in [1.82, 2.24) is 9.80 Å². The summed E-state index contributed by atoms with van der Waals surface area (Å²) < 4.78 is 16.5. The van der Waals surface area contributed by atoms with E-state index in [1.807, 2.05) is 12.1 Å². The predicted octanol–water partition coefficient (Wildman–Crippen LogP) is 1.95. The number of carboxylic acid groups (broad SMARTS) is 5. The zero-order valence-electron chi connectivity index (χ0n) is 25.6. The fraction of sp³-hybridized carbons (Fsp3) is 0.500. The van der Waals surface area contributed by atoms with Crippen LogP contribution in [0.2, 0.25) is 0 Å². The average Bonchev–Trinajstić information content (AvgIpc) is 2.99. The van der Waals surface area contributed by atoms with Gasteiger partial charge in [0.15, 0.2) is 0 Å². The Hall–Kier alpha value is -4.47. The summed E-state index contributed by atoms with van der Waals surface area (Å²) in [5, 5.41) is 39.8. The molecule has 0 bridgehead atoms. The Morgan fingerprint density at radius 1 is 0.756 bits per heavy atom. The highest BCUT2D eigenvalue weighted by atomic mass is 16.5. The van der Waals surface area contributed by atoms with Gasteiger partial charge in [-0.3, -0.25) is 4.90 Å². The summed E-state index contributed by atoms with van der Waals surface area (Å²) in [6, 6.07) is 6.05. The molecule has 1 fully saturated rings. The van der Waals surface area contributed by atoms with Crippen molar-refractivity contribution in [1.29, 1.82) is 0 Å². The van der Waals surface area contributed by atoms with Crippen molar-refractivity contribution in [2.24, 2.45) is 0 Å². The molecule has 1 saturated heterocycles. The molecule has 0 amide bonds. The number of aliphatic carboxylic acids is 5. The Morgan fingerprint density at radius 3 is 1.71 bits per heavy atom. The molecule has 2 rings (SSSR count). The normalized spacial score (nSPS) is 13.3. The third-order valence-corrected chi connectivity index (χ3v) is 5.89. The minimum atomic E-state index is -1.26. The van der Waals surface area contributed by atoms with Gasteiger partial charge < -0.3 is 44.6 Å². The van der Waals surface area contributed by atoms with Crippen LogP contribution >= 0.6 is 0 Å². The average molecular weight is 641 g/mol. The third-order valence-electron chi connectivity index (χ3n) is 5.89. The van der Waals surface area contributed by atoms with Crippen molar-refractivity contribution >= 4 is 29.8 Å². The lowest BCUT2D eigenvalue weighted by Gasteiger charge is -2.34. The highest BCUT2D eigenvalue weighted by Crippen LogP contribution is 2.25. The van der Waals surface area contributed by atoms with E-state index in [-0.39, 0.29) is 6.61 Å². The largest absolute Gasteiger partial charge is 0.497 e. The Balaban J connectivity index is 0.000000991. The van der Waals surface area contributed by atoms with E-state index in [1.165, 1.54) is 5.56 Å². The van der Waals surface area contributed by atoms with Gasteiger partial charge in [-0.15, -0.1) is 0 Å². The van der Waals surface area contributed by atoms with Gasteiger partial charge in [0.2, 0.25) is 0 Å². The molecule has 0 saturated carbocycles. The van der Waals surface area contributed by atoms with Gasteiger partial charge in [-0.1, -0.05) is 13.3 Å². The van der Waals surface area contributed by atoms with Gasteiger partial charge in [-0.2, -0.15) is 0 Å². The van der Waals surface area contributed by atoms with Crippen molar-refractivity contribution in [2.75, 3.05) is 66.2 Å². The van der Waals surface area contributed by atoms with Gasteiger partial charge in [0.25, 0.3) is 0 Å². The van der Waals surface area contributed by atoms with Crippen LogP contribution in [0, 0.1) is 0 Å².